The van der Waals surface area contributed by atoms with E-state index in [4.69, 9.17) is 8.83 Å². The SMILES string of the molecule is CC1(C)c2cc(-c3ccccc3)ccc2-c2ccc(N(c3ccc(-c4ccc5c(c4)oc4ccccc45)cc3)c3ccc4c(c3)C(C)(C)c3cc(-c5ccccc5)ccc3-4)cc21.c1ccc(-c2ccc(-c3ccc(N(c4ccc(-c5cccc(-c6ccccc6)c5)cc4)c4ccc(-c5ccc6c(c5)oc5ccccc56)cc4)cc3)cc2)cc1. The zero-order valence-corrected chi connectivity index (χ0v) is 66.1. The summed E-state index contributed by atoms with van der Waals surface area (Å²) in [5, 5.41) is 4.57. The minimum atomic E-state index is -0.186. The van der Waals surface area contributed by atoms with Crippen molar-refractivity contribution in [3.05, 3.63) is 447 Å². The van der Waals surface area contributed by atoms with Crippen LogP contribution in [0.3, 0.4) is 0 Å². The Hall–Kier alpha value is -14.8. The average Bonchev–Trinajstić information content (AvgIpc) is 1.56. The van der Waals surface area contributed by atoms with Crippen LogP contribution in [0.15, 0.2) is 433 Å². The Morgan fingerprint density at radius 2 is 0.381 bits per heavy atom. The van der Waals surface area contributed by atoms with Gasteiger partial charge in [0.2, 0.25) is 0 Å². The first-order chi connectivity index (χ1) is 57.9. The summed E-state index contributed by atoms with van der Waals surface area (Å²) in [5.74, 6) is 0. The van der Waals surface area contributed by atoms with Gasteiger partial charge in [-0.2, -0.15) is 0 Å². The molecule has 118 heavy (non-hydrogen) atoms. The van der Waals surface area contributed by atoms with Crippen LogP contribution in [0.1, 0.15) is 49.9 Å². The highest BCUT2D eigenvalue weighted by Gasteiger charge is 2.39. The van der Waals surface area contributed by atoms with Gasteiger partial charge < -0.3 is 18.6 Å². The number of furan rings is 2. The Morgan fingerprint density at radius 1 is 0.161 bits per heavy atom. The molecule has 2 aliphatic rings. The van der Waals surface area contributed by atoms with E-state index in [1.807, 2.05) is 24.3 Å². The Kier molecular flexibility index (Phi) is 17.6. The third-order valence-corrected chi connectivity index (χ3v) is 24.6. The van der Waals surface area contributed by atoms with Crippen molar-refractivity contribution >= 4 is 78.0 Å². The molecule has 560 valence electrons. The van der Waals surface area contributed by atoms with Gasteiger partial charge in [0.25, 0.3) is 0 Å². The van der Waals surface area contributed by atoms with Gasteiger partial charge in [0.15, 0.2) is 0 Å². The molecule has 2 aliphatic carbocycles. The highest BCUT2D eigenvalue weighted by atomic mass is 16.3. The predicted molar refractivity (Wildman–Crippen MR) is 495 cm³/mol. The number of hydrogen-bond donors (Lipinski definition) is 0. The van der Waals surface area contributed by atoms with Crippen molar-refractivity contribution in [2.24, 2.45) is 0 Å². The van der Waals surface area contributed by atoms with Gasteiger partial charge in [-0.3, -0.25) is 0 Å². The van der Waals surface area contributed by atoms with E-state index in [1.54, 1.807) is 0 Å². The van der Waals surface area contributed by atoms with E-state index in [-0.39, 0.29) is 10.8 Å². The van der Waals surface area contributed by atoms with Crippen LogP contribution < -0.4 is 9.80 Å². The molecule has 0 spiro atoms. The van der Waals surface area contributed by atoms with Crippen molar-refractivity contribution in [1.29, 1.82) is 0 Å². The largest absolute Gasteiger partial charge is 0.456 e. The maximum Gasteiger partial charge on any atom is 0.136 e. The maximum absolute atomic E-state index is 6.30. The Labute approximate surface area is 688 Å². The molecule has 22 rings (SSSR count). The monoisotopic (exact) mass is 1510 g/mol. The Balaban J connectivity index is 0.000000148. The van der Waals surface area contributed by atoms with Crippen molar-refractivity contribution in [2.75, 3.05) is 9.80 Å². The number of fused-ring (bicyclic) bond motifs is 12. The molecule has 20 aromatic rings. The molecule has 4 nitrogen and oxygen atoms in total. The molecular weight excluding hydrogens is 1430 g/mol. The van der Waals surface area contributed by atoms with Crippen LogP contribution in [0.25, 0.3) is 155 Å². The van der Waals surface area contributed by atoms with E-state index in [2.05, 4.69) is 438 Å². The van der Waals surface area contributed by atoms with Crippen molar-refractivity contribution in [3.8, 4) is 111 Å². The van der Waals surface area contributed by atoms with Gasteiger partial charge in [-0.05, 0) is 261 Å². The normalized spacial score (nSPS) is 12.7. The minimum absolute atomic E-state index is 0.186. The zero-order chi connectivity index (χ0) is 79.0. The van der Waals surface area contributed by atoms with E-state index in [0.717, 1.165) is 100 Å². The van der Waals surface area contributed by atoms with E-state index < -0.39 is 0 Å². The van der Waals surface area contributed by atoms with E-state index in [9.17, 15) is 0 Å². The number of anilines is 6. The second-order valence-corrected chi connectivity index (χ2v) is 32.3. The van der Waals surface area contributed by atoms with Crippen LogP contribution in [0.4, 0.5) is 34.1 Å². The summed E-state index contributed by atoms with van der Waals surface area (Å²) in [6, 6.07) is 154. The molecule has 0 radical (unpaired) electrons. The summed E-state index contributed by atoms with van der Waals surface area (Å²) in [6.45, 7) is 9.53. The maximum atomic E-state index is 6.30. The molecule has 0 saturated carbocycles. The van der Waals surface area contributed by atoms with Crippen LogP contribution in [0.5, 0.6) is 0 Å². The van der Waals surface area contributed by atoms with Crippen LogP contribution >= 0.6 is 0 Å². The van der Waals surface area contributed by atoms with Gasteiger partial charge in [-0.25, -0.2) is 0 Å². The fourth-order valence-corrected chi connectivity index (χ4v) is 18.3. The summed E-state index contributed by atoms with van der Waals surface area (Å²) in [4.78, 5) is 4.79. The van der Waals surface area contributed by atoms with E-state index in [0.29, 0.717) is 0 Å². The van der Waals surface area contributed by atoms with Crippen molar-refractivity contribution in [3.63, 3.8) is 0 Å². The number of benzene rings is 18. The molecular formula is C114H82N2O2. The molecule has 2 aromatic heterocycles. The van der Waals surface area contributed by atoms with Crippen molar-refractivity contribution in [2.45, 2.75) is 38.5 Å². The smallest absolute Gasteiger partial charge is 0.136 e. The van der Waals surface area contributed by atoms with Gasteiger partial charge in [-0.15, -0.1) is 0 Å². The number of para-hydroxylation sites is 2. The summed E-state index contributed by atoms with van der Waals surface area (Å²) >= 11 is 0. The lowest BCUT2D eigenvalue weighted by atomic mass is 9.81. The lowest BCUT2D eigenvalue weighted by molar-refractivity contribution is 0.660. The lowest BCUT2D eigenvalue weighted by Gasteiger charge is -2.30. The molecule has 4 heteroatoms. The van der Waals surface area contributed by atoms with Gasteiger partial charge in [0.05, 0.1) is 0 Å². The fraction of sp³-hybridized carbons (Fsp3) is 0.0526. The molecule has 0 unspecified atom stereocenters. The van der Waals surface area contributed by atoms with Gasteiger partial charge in [0, 0.05) is 66.5 Å². The number of nitrogens with zero attached hydrogens (tertiary/aromatic N) is 2. The molecule has 0 aliphatic heterocycles. The second kappa shape index (κ2) is 29.2. The third kappa shape index (κ3) is 12.8. The zero-order valence-electron chi connectivity index (χ0n) is 66.1. The number of rotatable bonds is 14. The molecule has 0 amide bonds. The fourth-order valence-electron chi connectivity index (χ4n) is 18.3. The molecule has 18 aromatic carbocycles. The quantitative estimate of drug-likeness (QED) is 0.109. The Morgan fingerprint density at radius 3 is 0.737 bits per heavy atom. The summed E-state index contributed by atoms with van der Waals surface area (Å²) in [7, 11) is 0. The Bertz CT molecular complexity index is 7010. The molecule has 0 fully saturated rings. The highest BCUT2D eigenvalue weighted by Crippen LogP contribution is 2.55. The predicted octanol–water partition coefficient (Wildman–Crippen LogP) is 32.1. The topological polar surface area (TPSA) is 32.8 Å². The second-order valence-electron chi connectivity index (χ2n) is 32.3. The standard InChI is InChI=1S/C60H45NO.C54H37NO/c1-59(2)53-33-41(38-13-7-5-8-14-38)21-28-47(53)49-31-26-45(36-55(49)59)61(44-24-19-40(20-25-44)43-23-30-52-51-17-11-12-18-57(51)62-58(52)35-43)46-27-32-50-48-29-22-42(39-15-9-6-10-16-39)34-54(48)60(3,4)56(50)37-46;1-3-10-38(11-4-1)40-18-20-41(21-19-40)42-22-29-48(30-23-42)55(49-31-24-43(25-32-49)46-15-9-14-45(36-46)39-12-5-2-6-13-39)50-33-26-44(27-34-50)47-28-35-52-51-16-7-8-17-53(51)56-54(52)37-47/h5-37H,1-4H3;1-37H. The average molecular weight is 1510 g/mol. The first kappa shape index (κ1) is 71.0. The molecule has 2 heterocycles. The summed E-state index contributed by atoms with van der Waals surface area (Å²) in [5.41, 5.74) is 39.8. The van der Waals surface area contributed by atoms with Crippen molar-refractivity contribution in [1.82, 2.24) is 0 Å². The van der Waals surface area contributed by atoms with Crippen LogP contribution in [0.2, 0.25) is 0 Å². The van der Waals surface area contributed by atoms with E-state index >= 15 is 0 Å². The van der Waals surface area contributed by atoms with Gasteiger partial charge in [-0.1, -0.05) is 325 Å². The van der Waals surface area contributed by atoms with Gasteiger partial charge >= 0.3 is 0 Å². The third-order valence-electron chi connectivity index (χ3n) is 24.6. The van der Waals surface area contributed by atoms with Gasteiger partial charge in [0.1, 0.15) is 22.3 Å². The first-order valence-electron chi connectivity index (χ1n) is 40.8. The highest BCUT2D eigenvalue weighted by molar-refractivity contribution is 6.07. The number of hydrogen-bond acceptors (Lipinski definition) is 4. The first-order valence-corrected chi connectivity index (χ1v) is 40.8. The minimum Gasteiger partial charge on any atom is -0.456 e. The van der Waals surface area contributed by atoms with Crippen LogP contribution in [0, 0.1) is 0 Å². The summed E-state index contributed by atoms with van der Waals surface area (Å²) in [6.07, 6.45) is 0. The molecule has 0 saturated heterocycles. The van der Waals surface area contributed by atoms with Crippen molar-refractivity contribution < 1.29 is 8.83 Å². The molecule has 0 atom stereocenters. The summed E-state index contributed by atoms with van der Waals surface area (Å²) < 4.78 is 12.5. The lowest BCUT2D eigenvalue weighted by Crippen LogP contribution is -2.18. The molecule has 0 N–H and O–H groups in total. The van der Waals surface area contributed by atoms with E-state index in [1.165, 1.54) is 111 Å². The molecule has 0 bridgehead atoms. The van der Waals surface area contributed by atoms with Crippen LogP contribution in [-0.2, 0) is 10.8 Å². The van der Waals surface area contributed by atoms with Crippen LogP contribution in [-0.4, -0.2) is 0 Å².